The monoisotopic (exact) mass is 324 g/mol. The van der Waals surface area contributed by atoms with Gasteiger partial charge in [0.2, 0.25) is 11.8 Å². The number of benzene rings is 1. The molecule has 2 atom stereocenters. The summed E-state index contributed by atoms with van der Waals surface area (Å²) < 4.78 is 5.57. The maximum Gasteiger partial charge on any atom is 0.221 e. The average molecular weight is 324 g/mol. The van der Waals surface area contributed by atoms with Gasteiger partial charge >= 0.3 is 0 Å². The molecule has 1 rings (SSSR count). The van der Waals surface area contributed by atoms with Gasteiger partial charge in [-0.3, -0.25) is 14.4 Å². The molecule has 0 fully saturated rings. The van der Waals surface area contributed by atoms with Crippen molar-refractivity contribution in [2.45, 2.75) is 32.8 Å². The van der Waals surface area contributed by atoms with Gasteiger partial charge in [0.05, 0.1) is 12.3 Å². The number of para-hydroxylation sites is 1. The zero-order valence-electron chi connectivity index (χ0n) is 13.4. The number of hydrogen-bond donors (Lipinski definition) is 3. The SMILES string of the molecule is CC.NC(=O)C[C@H](C(=O)CO)[C@@H](CC(N)=O)Oc1ccccc1. The second-order valence-electron chi connectivity index (χ2n) is 4.54. The molecule has 0 bridgehead atoms. The number of ketones is 1. The first-order valence-electron chi connectivity index (χ1n) is 7.36. The molecular formula is C16H24N2O5. The van der Waals surface area contributed by atoms with E-state index in [-0.39, 0.29) is 12.8 Å². The number of Topliss-reactive ketones (excluding diaryl/α,β-unsaturated/α-hetero) is 1. The van der Waals surface area contributed by atoms with Gasteiger partial charge in [-0.2, -0.15) is 0 Å². The Labute approximate surface area is 135 Å². The number of amides is 2. The highest BCUT2D eigenvalue weighted by atomic mass is 16.5. The predicted octanol–water partition coefficient (Wildman–Crippen LogP) is 0.389. The largest absolute Gasteiger partial charge is 0.489 e. The number of aliphatic hydroxyl groups is 1. The van der Waals surface area contributed by atoms with Crippen LogP contribution in [0.5, 0.6) is 5.75 Å². The molecule has 7 heteroatoms. The Morgan fingerprint density at radius 1 is 1.04 bits per heavy atom. The molecule has 0 aliphatic heterocycles. The molecule has 0 saturated heterocycles. The Bertz CT molecular complexity index is 504. The van der Waals surface area contributed by atoms with Gasteiger partial charge < -0.3 is 21.3 Å². The number of carbonyl (C=O) groups is 3. The first kappa shape index (κ1) is 20.6. The van der Waals surface area contributed by atoms with Gasteiger partial charge in [-0.25, -0.2) is 0 Å². The van der Waals surface area contributed by atoms with Gasteiger partial charge in [0, 0.05) is 6.42 Å². The summed E-state index contributed by atoms with van der Waals surface area (Å²) >= 11 is 0. The lowest BCUT2D eigenvalue weighted by Crippen LogP contribution is -2.40. The third-order valence-corrected chi connectivity index (χ3v) is 2.87. The summed E-state index contributed by atoms with van der Waals surface area (Å²) in [4.78, 5) is 34.0. The molecule has 0 aromatic heterocycles. The quantitative estimate of drug-likeness (QED) is 0.604. The number of nitrogens with two attached hydrogens (primary N) is 2. The zero-order valence-corrected chi connectivity index (χ0v) is 13.4. The van der Waals surface area contributed by atoms with Gasteiger partial charge in [-0.05, 0) is 12.1 Å². The number of aliphatic hydroxyl groups excluding tert-OH is 1. The third-order valence-electron chi connectivity index (χ3n) is 2.87. The van der Waals surface area contributed by atoms with E-state index >= 15 is 0 Å². The van der Waals surface area contributed by atoms with E-state index in [9.17, 15) is 14.4 Å². The molecule has 1 aromatic rings. The van der Waals surface area contributed by atoms with E-state index in [0.29, 0.717) is 5.75 Å². The smallest absolute Gasteiger partial charge is 0.221 e. The number of carbonyl (C=O) groups excluding carboxylic acids is 3. The van der Waals surface area contributed by atoms with Crippen LogP contribution in [0.25, 0.3) is 0 Å². The van der Waals surface area contributed by atoms with Crippen molar-refractivity contribution in [3.05, 3.63) is 30.3 Å². The van der Waals surface area contributed by atoms with Crippen molar-refractivity contribution >= 4 is 17.6 Å². The van der Waals surface area contributed by atoms with Crippen LogP contribution in [0.1, 0.15) is 26.7 Å². The van der Waals surface area contributed by atoms with Gasteiger partial charge in [0.25, 0.3) is 0 Å². The summed E-state index contributed by atoms with van der Waals surface area (Å²) in [5.74, 6) is -2.65. The van der Waals surface area contributed by atoms with Crippen molar-refractivity contribution in [2.24, 2.45) is 17.4 Å². The normalized spacial score (nSPS) is 12.3. The molecule has 1 aromatic carbocycles. The Kier molecular flexibility index (Phi) is 10.0. The summed E-state index contributed by atoms with van der Waals surface area (Å²) in [6.45, 7) is 3.23. The van der Waals surface area contributed by atoms with Gasteiger partial charge in [0.1, 0.15) is 18.5 Å². The van der Waals surface area contributed by atoms with E-state index < -0.39 is 36.2 Å². The van der Waals surface area contributed by atoms with Crippen LogP contribution < -0.4 is 16.2 Å². The van der Waals surface area contributed by atoms with Gasteiger partial charge in [-0.15, -0.1) is 0 Å². The summed E-state index contributed by atoms with van der Waals surface area (Å²) in [5, 5.41) is 8.99. The van der Waals surface area contributed by atoms with Crippen molar-refractivity contribution < 1.29 is 24.2 Å². The maximum atomic E-state index is 11.8. The van der Waals surface area contributed by atoms with Crippen molar-refractivity contribution in [1.29, 1.82) is 0 Å². The lowest BCUT2D eigenvalue weighted by molar-refractivity contribution is -0.134. The topological polar surface area (TPSA) is 133 Å². The Hall–Kier alpha value is -2.41. The minimum Gasteiger partial charge on any atom is -0.489 e. The van der Waals surface area contributed by atoms with Crippen LogP contribution >= 0.6 is 0 Å². The van der Waals surface area contributed by atoms with Crippen molar-refractivity contribution in [3.63, 3.8) is 0 Å². The third kappa shape index (κ3) is 7.96. The van der Waals surface area contributed by atoms with E-state index in [4.69, 9.17) is 21.3 Å². The Morgan fingerprint density at radius 3 is 2.00 bits per heavy atom. The molecule has 5 N–H and O–H groups in total. The number of primary amides is 2. The molecule has 2 amide bonds. The number of ether oxygens (including phenoxy) is 1. The van der Waals surface area contributed by atoms with Gasteiger partial charge in [0.15, 0.2) is 5.78 Å². The summed E-state index contributed by atoms with van der Waals surface area (Å²) in [6.07, 6.45) is -1.56. The van der Waals surface area contributed by atoms with E-state index in [0.717, 1.165) is 0 Å². The van der Waals surface area contributed by atoms with Crippen molar-refractivity contribution in [1.82, 2.24) is 0 Å². The minimum absolute atomic E-state index is 0.265. The van der Waals surface area contributed by atoms with Crippen LogP contribution in [0.2, 0.25) is 0 Å². The average Bonchev–Trinajstić information content (AvgIpc) is 2.53. The zero-order chi connectivity index (χ0) is 17.8. The summed E-state index contributed by atoms with van der Waals surface area (Å²) in [5.41, 5.74) is 10.3. The molecule has 7 nitrogen and oxygen atoms in total. The van der Waals surface area contributed by atoms with Crippen LogP contribution in [0.3, 0.4) is 0 Å². The molecule has 0 radical (unpaired) electrons. The van der Waals surface area contributed by atoms with E-state index in [1.165, 1.54) is 0 Å². The summed E-state index contributed by atoms with van der Waals surface area (Å²) in [7, 11) is 0. The molecular weight excluding hydrogens is 300 g/mol. The van der Waals surface area contributed by atoms with Crippen LogP contribution in [0.4, 0.5) is 0 Å². The van der Waals surface area contributed by atoms with Crippen molar-refractivity contribution in [3.8, 4) is 5.75 Å². The Balaban J connectivity index is 0.00000232. The lowest BCUT2D eigenvalue weighted by Gasteiger charge is -2.25. The lowest BCUT2D eigenvalue weighted by atomic mass is 9.91. The van der Waals surface area contributed by atoms with Crippen LogP contribution in [-0.4, -0.2) is 35.4 Å². The maximum absolute atomic E-state index is 11.8. The highest BCUT2D eigenvalue weighted by Gasteiger charge is 2.32. The molecule has 0 aliphatic carbocycles. The van der Waals surface area contributed by atoms with E-state index in [1.54, 1.807) is 30.3 Å². The van der Waals surface area contributed by atoms with Crippen molar-refractivity contribution in [2.75, 3.05) is 6.61 Å². The molecule has 0 spiro atoms. The van der Waals surface area contributed by atoms with Crippen LogP contribution in [0.15, 0.2) is 30.3 Å². The van der Waals surface area contributed by atoms with E-state index in [1.807, 2.05) is 13.8 Å². The minimum atomic E-state index is -1.03. The second-order valence-corrected chi connectivity index (χ2v) is 4.54. The Morgan fingerprint density at radius 2 is 1.57 bits per heavy atom. The fraction of sp³-hybridized carbons (Fsp3) is 0.438. The molecule has 0 aliphatic rings. The number of hydrogen-bond acceptors (Lipinski definition) is 5. The molecule has 0 unspecified atom stereocenters. The first-order chi connectivity index (χ1) is 10.9. The predicted molar refractivity (Wildman–Crippen MR) is 85.4 cm³/mol. The first-order valence-corrected chi connectivity index (χ1v) is 7.36. The van der Waals surface area contributed by atoms with E-state index in [2.05, 4.69) is 0 Å². The summed E-state index contributed by atoms with van der Waals surface area (Å²) in [6, 6.07) is 8.48. The highest BCUT2D eigenvalue weighted by molar-refractivity contribution is 5.88. The standard InChI is InChI=1S/C14H18N2O5.C2H6/c15-13(19)6-10(11(18)8-17)12(7-14(16)20)21-9-4-2-1-3-5-9;1-2/h1-5,10,12,17H,6-8H2,(H2,15,19)(H2,16,20);1-2H3/t10-,12-;/m1./s1. The van der Waals surface area contributed by atoms with Gasteiger partial charge in [-0.1, -0.05) is 32.0 Å². The highest BCUT2D eigenvalue weighted by Crippen LogP contribution is 2.21. The van der Waals surface area contributed by atoms with Crippen LogP contribution in [0, 0.1) is 5.92 Å². The fourth-order valence-corrected chi connectivity index (χ4v) is 1.92. The van der Waals surface area contributed by atoms with Crippen LogP contribution in [-0.2, 0) is 14.4 Å². The molecule has 0 heterocycles. The molecule has 23 heavy (non-hydrogen) atoms. The molecule has 0 saturated carbocycles. The molecule has 128 valence electrons. The fourth-order valence-electron chi connectivity index (χ4n) is 1.92. The number of rotatable bonds is 9. The second kappa shape index (κ2) is 11.2.